The Morgan fingerprint density at radius 3 is 2.83 bits per heavy atom. The van der Waals surface area contributed by atoms with Gasteiger partial charge >= 0.3 is 0 Å². The van der Waals surface area contributed by atoms with Crippen LogP contribution in [0.2, 0.25) is 0 Å². The van der Waals surface area contributed by atoms with Crippen LogP contribution >= 0.6 is 0 Å². The van der Waals surface area contributed by atoms with E-state index in [-0.39, 0.29) is 0 Å². The van der Waals surface area contributed by atoms with E-state index in [2.05, 4.69) is 18.0 Å². The molecule has 0 amide bonds. The molecule has 0 aliphatic rings. The molecule has 0 spiro atoms. The van der Waals surface area contributed by atoms with E-state index in [1.165, 1.54) is 5.57 Å². The quantitative estimate of drug-likeness (QED) is 0.604. The van der Waals surface area contributed by atoms with Gasteiger partial charge in [0.25, 0.3) is 0 Å². The number of nitrogens with zero attached hydrogens (tertiary/aromatic N) is 1. The number of pyridine rings is 1. The average molecular weight is 159 g/mol. The van der Waals surface area contributed by atoms with Gasteiger partial charge in [0, 0.05) is 6.20 Å². The van der Waals surface area contributed by atoms with Crippen molar-refractivity contribution in [2.75, 3.05) is 0 Å². The largest absolute Gasteiger partial charge is 0.257 e. The summed E-state index contributed by atoms with van der Waals surface area (Å²) < 4.78 is 0. The van der Waals surface area contributed by atoms with E-state index in [1.54, 1.807) is 0 Å². The molecule has 0 aliphatic heterocycles. The first kappa shape index (κ1) is 8.72. The maximum atomic E-state index is 4.23. The molecule has 1 aromatic heterocycles. The molecule has 1 nitrogen and oxygen atoms in total. The van der Waals surface area contributed by atoms with E-state index in [9.17, 15) is 0 Å². The van der Waals surface area contributed by atoms with Crippen molar-refractivity contribution in [3.8, 4) is 0 Å². The molecular weight excluding hydrogens is 146 g/mol. The van der Waals surface area contributed by atoms with Crippen LogP contribution in [0.4, 0.5) is 0 Å². The van der Waals surface area contributed by atoms with Gasteiger partial charge in [0.15, 0.2) is 0 Å². The van der Waals surface area contributed by atoms with Crippen molar-refractivity contribution in [1.82, 2.24) is 4.98 Å². The minimum absolute atomic E-state index is 1.04. The molecule has 0 radical (unpaired) electrons. The van der Waals surface area contributed by atoms with Crippen LogP contribution in [0.1, 0.15) is 19.5 Å². The van der Waals surface area contributed by atoms with Crippen LogP contribution in [0.15, 0.2) is 42.6 Å². The molecule has 0 aromatic carbocycles. The number of allylic oxidation sites excluding steroid dienone is 4. The molecule has 0 N–H and O–H groups in total. The third kappa shape index (κ3) is 2.35. The molecule has 0 fully saturated rings. The summed E-state index contributed by atoms with van der Waals surface area (Å²) >= 11 is 0. The number of rotatable bonds is 2. The second kappa shape index (κ2) is 4.50. The summed E-state index contributed by atoms with van der Waals surface area (Å²) in [7, 11) is 0. The Hall–Kier alpha value is -1.37. The summed E-state index contributed by atoms with van der Waals surface area (Å²) in [6, 6.07) is 5.93. The highest BCUT2D eigenvalue weighted by molar-refractivity contribution is 5.61. The summed E-state index contributed by atoms with van der Waals surface area (Å²) in [6.45, 7) is 4.06. The second-order valence-corrected chi connectivity index (χ2v) is 2.59. The van der Waals surface area contributed by atoms with Crippen LogP contribution in [0.25, 0.3) is 5.57 Å². The van der Waals surface area contributed by atoms with Gasteiger partial charge in [-0.1, -0.05) is 24.3 Å². The molecule has 0 unspecified atom stereocenters. The lowest BCUT2D eigenvalue weighted by Gasteiger charge is -1.96. The molecule has 0 atom stereocenters. The van der Waals surface area contributed by atoms with Crippen LogP contribution in [0, 0.1) is 0 Å². The lowest BCUT2D eigenvalue weighted by atomic mass is 10.2. The Bertz CT molecular complexity index is 283. The highest BCUT2D eigenvalue weighted by Gasteiger charge is 1.91. The van der Waals surface area contributed by atoms with Crippen LogP contribution in [0.3, 0.4) is 0 Å². The summed E-state index contributed by atoms with van der Waals surface area (Å²) in [5.74, 6) is 0. The Labute approximate surface area is 73.5 Å². The smallest absolute Gasteiger partial charge is 0.0658 e. The first-order valence-electron chi connectivity index (χ1n) is 4.05. The average Bonchev–Trinajstić information content (AvgIpc) is 2.15. The maximum Gasteiger partial charge on any atom is 0.0658 e. The van der Waals surface area contributed by atoms with Crippen molar-refractivity contribution >= 4 is 5.57 Å². The van der Waals surface area contributed by atoms with E-state index in [0.717, 1.165) is 5.69 Å². The van der Waals surface area contributed by atoms with Gasteiger partial charge in [-0.3, -0.25) is 4.98 Å². The van der Waals surface area contributed by atoms with E-state index < -0.39 is 0 Å². The zero-order valence-corrected chi connectivity index (χ0v) is 7.49. The van der Waals surface area contributed by atoms with Gasteiger partial charge < -0.3 is 0 Å². The third-order valence-electron chi connectivity index (χ3n) is 1.61. The molecule has 1 aromatic rings. The van der Waals surface area contributed by atoms with Gasteiger partial charge in [0.2, 0.25) is 0 Å². The van der Waals surface area contributed by atoms with E-state index in [0.29, 0.717) is 0 Å². The summed E-state index contributed by atoms with van der Waals surface area (Å²) in [5, 5.41) is 0. The first-order valence-corrected chi connectivity index (χ1v) is 4.05. The van der Waals surface area contributed by atoms with Crippen molar-refractivity contribution < 1.29 is 0 Å². The molecule has 1 heterocycles. The predicted molar refractivity (Wildman–Crippen MR) is 52.7 cm³/mol. The van der Waals surface area contributed by atoms with E-state index >= 15 is 0 Å². The standard InChI is InChI=1S/C11H13N/c1-3-4-7-10(2)11-8-5-6-9-12-11/h3-9H,1-2H3. The van der Waals surface area contributed by atoms with Crippen molar-refractivity contribution in [2.45, 2.75) is 13.8 Å². The zero-order valence-electron chi connectivity index (χ0n) is 7.49. The SMILES string of the molecule is CC=CC=C(C)c1ccccn1. The number of hydrogen-bond donors (Lipinski definition) is 0. The monoisotopic (exact) mass is 159 g/mol. The van der Waals surface area contributed by atoms with Gasteiger partial charge in [-0.15, -0.1) is 0 Å². The Balaban J connectivity index is 2.85. The molecule has 1 rings (SSSR count). The van der Waals surface area contributed by atoms with Gasteiger partial charge in [0.1, 0.15) is 0 Å². The van der Waals surface area contributed by atoms with Crippen LogP contribution in [-0.2, 0) is 0 Å². The molecule has 12 heavy (non-hydrogen) atoms. The molecule has 0 saturated heterocycles. The van der Waals surface area contributed by atoms with Crippen molar-refractivity contribution in [1.29, 1.82) is 0 Å². The van der Waals surface area contributed by atoms with Crippen molar-refractivity contribution in [3.63, 3.8) is 0 Å². The van der Waals surface area contributed by atoms with Gasteiger partial charge in [-0.2, -0.15) is 0 Å². The number of hydrogen-bond acceptors (Lipinski definition) is 1. The van der Waals surface area contributed by atoms with E-state index in [1.807, 2.05) is 43.5 Å². The molecule has 0 saturated carbocycles. The van der Waals surface area contributed by atoms with Gasteiger partial charge in [-0.05, 0) is 31.6 Å². The van der Waals surface area contributed by atoms with Crippen LogP contribution in [-0.4, -0.2) is 4.98 Å². The molecule has 1 heteroatoms. The summed E-state index contributed by atoms with van der Waals surface area (Å²) in [5.41, 5.74) is 2.23. The zero-order chi connectivity index (χ0) is 8.81. The van der Waals surface area contributed by atoms with Gasteiger partial charge in [-0.25, -0.2) is 0 Å². The normalized spacial score (nSPS) is 12.3. The molecular formula is C11H13N. The topological polar surface area (TPSA) is 12.9 Å². The predicted octanol–water partition coefficient (Wildman–Crippen LogP) is 3.06. The van der Waals surface area contributed by atoms with Crippen molar-refractivity contribution in [2.24, 2.45) is 0 Å². The van der Waals surface area contributed by atoms with Gasteiger partial charge in [0.05, 0.1) is 5.69 Å². The van der Waals surface area contributed by atoms with E-state index in [4.69, 9.17) is 0 Å². The Kier molecular flexibility index (Phi) is 3.27. The molecule has 0 bridgehead atoms. The Morgan fingerprint density at radius 2 is 2.25 bits per heavy atom. The minimum atomic E-state index is 1.04. The third-order valence-corrected chi connectivity index (χ3v) is 1.61. The highest BCUT2D eigenvalue weighted by atomic mass is 14.7. The summed E-state index contributed by atoms with van der Waals surface area (Å²) in [4.78, 5) is 4.23. The fourth-order valence-electron chi connectivity index (χ4n) is 0.922. The van der Waals surface area contributed by atoms with Crippen LogP contribution < -0.4 is 0 Å². The highest BCUT2D eigenvalue weighted by Crippen LogP contribution is 2.08. The lowest BCUT2D eigenvalue weighted by molar-refractivity contribution is 1.27. The minimum Gasteiger partial charge on any atom is -0.257 e. The Morgan fingerprint density at radius 1 is 1.42 bits per heavy atom. The molecule has 0 aliphatic carbocycles. The summed E-state index contributed by atoms with van der Waals surface area (Å²) in [6.07, 6.45) is 7.89. The first-order chi connectivity index (χ1) is 5.84. The number of aromatic nitrogens is 1. The fourth-order valence-corrected chi connectivity index (χ4v) is 0.922. The van der Waals surface area contributed by atoms with Crippen molar-refractivity contribution in [3.05, 3.63) is 48.3 Å². The van der Waals surface area contributed by atoms with Crippen LogP contribution in [0.5, 0.6) is 0 Å². The molecule has 62 valence electrons. The maximum absolute atomic E-state index is 4.23. The second-order valence-electron chi connectivity index (χ2n) is 2.59. The lowest BCUT2D eigenvalue weighted by Crippen LogP contribution is -1.82. The fraction of sp³-hybridized carbons (Fsp3) is 0.182.